The SMILES string of the molecule is COc1cc2c(cc1OC)CN(Cn1nc(C)sc1=S)CC2. The van der Waals surface area contributed by atoms with Crippen molar-refractivity contribution < 1.29 is 9.47 Å². The molecule has 1 aromatic heterocycles. The van der Waals surface area contributed by atoms with E-state index >= 15 is 0 Å². The van der Waals surface area contributed by atoms with Gasteiger partial charge in [-0.05, 0) is 48.8 Å². The Morgan fingerprint density at radius 1 is 1.23 bits per heavy atom. The molecule has 2 aromatic rings. The minimum absolute atomic E-state index is 0.733. The van der Waals surface area contributed by atoms with Crippen LogP contribution < -0.4 is 9.47 Å². The number of hydrogen-bond acceptors (Lipinski definition) is 6. The number of aryl methyl sites for hydroxylation is 1. The van der Waals surface area contributed by atoms with Gasteiger partial charge in [-0.2, -0.15) is 5.10 Å². The largest absolute Gasteiger partial charge is 0.493 e. The molecule has 0 unspecified atom stereocenters. The number of rotatable bonds is 4. The Labute approximate surface area is 139 Å². The molecule has 0 aliphatic carbocycles. The number of methoxy groups -OCH3 is 2. The summed E-state index contributed by atoms with van der Waals surface area (Å²) in [6, 6.07) is 4.16. The smallest absolute Gasteiger partial charge is 0.180 e. The summed E-state index contributed by atoms with van der Waals surface area (Å²) in [5, 5.41) is 5.47. The maximum absolute atomic E-state index is 5.40. The maximum Gasteiger partial charge on any atom is 0.180 e. The molecule has 1 aliphatic heterocycles. The fourth-order valence-electron chi connectivity index (χ4n) is 2.75. The zero-order valence-corrected chi connectivity index (χ0v) is 14.6. The number of fused-ring (bicyclic) bond motifs is 1. The Kier molecular flexibility index (Phi) is 4.46. The van der Waals surface area contributed by atoms with E-state index in [1.54, 1.807) is 25.6 Å². The molecule has 1 aliphatic rings. The van der Waals surface area contributed by atoms with E-state index in [9.17, 15) is 0 Å². The fourth-order valence-corrected chi connectivity index (χ4v) is 3.81. The van der Waals surface area contributed by atoms with Gasteiger partial charge in [0.1, 0.15) is 5.01 Å². The molecule has 0 spiro atoms. The zero-order chi connectivity index (χ0) is 15.7. The molecule has 0 saturated carbocycles. The van der Waals surface area contributed by atoms with Crippen LogP contribution in [0.1, 0.15) is 16.1 Å². The monoisotopic (exact) mass is 337 g/mol. The van der Waals surface area contributed by atoms with E-state index in [1.165, 1.54) is 11.1 Å². The Bertz CT molecular complexity index is 739. The van der Waals surface area contributed by atoms with Crippen LogP contribution in [-0.4, -0.2) is 35.4 Å². The summed E-state index contributed by atoms with van der Waals surface area (Å²) in [6.45, 7) is 4.57. The predicted molar refractivity (Wildman–Crippen MR) is 89.3 cm³/mol. The molecule has 2 heterocycles. The Morgan fingerprint density at radius 3 is 2.50 bits per heavy atom. The van der Waals surface area contributed by atoms with Crippen molar-refractivity contribution in [2.45, 2.75) is 26.6 Å². The number of hydrogen-bond donors (Lipinski definition) is 0. The number of aromatic nitrogens is 2. The second kappa shape index (κ2) is 6.36. The van der Waals surface area contributed by atoms with E-state index in [1.807, 2.05) is 11.6 Å². The van der Waals surface area contributed by atoms with Gasteiger partial charge in [0.05, 0.1) is 20.9 Å². The second-order valence-electron chi connectivity index (χ2n) is 5.31. The van der Waals surface area contributed by atoms with E-state index in [0.717, 1.165) is 46.6 Å². The first-order valence-corrected chi connectivity index (χ1v) is 8.34. The van der Waals surface area contributed by atoms with Crippen LogP contribution in [-0.2, 0) is 19.6 Å². The number of nitrogens with zero attached hydrogens (tertiary/aromatic N) is 3. The predicted octanol–water partition coefficient (Wildman–Crippen LogP) is 3.02. The van der Waals surface area contributed by atoms with E-state index in [-0.39, 0.29) is 0 Å². The molecule has 3 rings (SSSR count). The van der Waals surface area contributed by atoms with Gasteiger partial charge in [-0.15, -0.1) is 0 Å². The number of ether oxygens (including phenoxy) is 2. The highest BCUT2D eigenvalue weighted by atomic mass is 32.1. The van der Waals surface area contributed by atoms with Crippen molar-refractivity contribution in [2.75, 3.05) is 20.8 Å². The van der Waals surface area contributed by atoms with Gasteiger partial charge < -0.3 is 9.47 Å². The third-order valence-corrected chi connectivity index (χ3v) is 5.06. The fraction of sp³-hybridized carbons (Fsp3) is 0.467. The normalized spacial score (nSPS) is 14.7. The molecule has 5 nitrogen and oxygen atoms in total. The van der Waals surface area contributed by atoms with Crippen LogP contribution in [0.2, 0.25) is 0 Å². The molecule has 1 aromatic carbocycles. The minimum Gasteiger partial charge on any atom is -0.493 e. The lowest BCUT2D eigenvalue weighted by Gasteiger charge is -2.29. The molecule has 7 heteroatoms. The molecule has 0 atom stereocenters. The molecule has 0 saturated heterocycles. The molecule has 22 heavy (non-hydrogen) atoms. The van der Waals surface area contributed by atoms with Crippen LogP contribution >= 0.6 is 23.6 Å². The highest BCUT2D eigenvalue weighted by molar-refractivity contribution is 7.73. The molecule has 118 valence electrons. The summed E-state index contributed by atoms with van der Waals surface area (Å²) in [5.41, 5.74) is 2.61. The van der Waals surface area contributed by atoms with Crippen LogP contribution in [0.4, 0.5) is 0 Å². The quantitative estimate of drug-likeness (QED) is 0.802. The van der Waals surface area contributed by atoms with Gasteiger partial charge in [0.2, 0.25) is 0 Å². The average Bonchev–Trinajstić information content (AvgIpc) is 2.83. The van der Waals surface area contributed by atoms with Crippen molar-refractivity contribution in [2.24, 2.45) is 0 Å². The first kappa shape index (κ1) is 15.5. The summed E-state index contributed by atoms with van der Waals surface area (Å²) in [6.07, 6.45) is 0.992. The van der Waals surface area contributed by atoms with E-state index in [4.69, 9.17) is 21.7 Å². The van der Waals surface area contributed by atoms with Crippen molar-refractivity contribution in [1.82, 2.24) is 14.7 Å². The molecule has 0 amide bonds. The van der Waals surface area contributed by atoms with Crippen LogP contribution in [0.15, 0.2) is 12.1 Å². The molecule has 0 radical (unpaired) electrons. The van der Waals surface area contributed by atoms with Gasteiger partial charge in [-0.1, -0.05) is 11.3 Å². The topological polar surface area (TPSA) is 39.5 Å². The van der Waals surface area contributed by atoms with Crippen LogP contribution in [0.25, 0.3) is 0 Å². The average molecular weight is 337 g/mol. The zero-order valence-electron chi connectivity index (χ0n) is 13.0. The van der Waals surface area contributed by atoms with Gasteiger partial charge in [0.25, 0.3) is 0 Å². The Balaban J connectivity index is 1.81. The standard InChI is InChI=1S/C15H19N3O2S2/c1-10-16-18(15(21)22-10)9-17-5-4-11-6-13(19-2)14(20-3)7-12(11)8-17/h6-7H,4-5,8-9H2,1-3H3. The Hall–Kier alpha value is -1.44. The summed E-state index contributed by atoms with van der Waals surface area (Å²) in [4.78, 5) is 2.35. The minimum atomic E-state index is 0.733. The highest BCUT2D eigenvalue weighted by Gasteiger charge is 2.20. The van der Waals surface area contributed by atoms with E-state index in [2.05, 4.69) is 22.1 Å². The van der Waals surface area contributed by atoms with E-state index < -0.39 is 0 Å². The van der Waals surface area contributed by atoms with Gasteiger partial charge in [-0.3, -0.25) is 4.90 Å². The first-order valence-electron chi connectivity index (χ1n) is 7.11. The van der Waals surface area contributed by atoms with Crippen molar-refractivity contribution >= 4 is 23.6 Å². The molecular formula is C15H19N3O2S2. The first-order chi connectivity index (χ1) is 10.6. The van der Waals surface area contributed by atoms with Gasteiger partial charge >= 0.3 is 0 Å². The van der Waals surface area contributed by atoms with Crippen molar-refractivity contribution in [3.63, 3.8) is 0 Å². The molecule has 0 fully saturated rings. The lowest BCUT2D eigenvalue weighted by atomic mass is 9.99. The third kappa shape index (κ3) is 3.02. The van der Waals surface area contributed by atoms with Gasteiger partial charge in [0, 0.05) is 13.1 Å². The van der Waals surface area contributed by atoms with E-state index in [0.29, 0.717) is 0 Å². The van der Waals surface area contributed by atoms with Crippen LogP contribution in [0.3, 0.4) is 0 Å². The lowest BCUT2D eigenvalue weighted by Crippen LogP contribution is -2.32. The molecule has 0 N–H and O–H groups in total. The summed E-state index contributed by atoms with van der Waals surface area (Å²) in [7, 11) is 3.34. The molecule has 0 bridgehead atoms. The lowest BCUT2D eigenvalue weighted by molar-refractivity contribution is 0.188. The second-order valence-corrected chi connectivity index (χ2v) is 7.13. The molecular weight excluding hydrogens is 318 g/mol. The third-order valence-electron chi connectivity index (χ3n) is 3.84. The number of benzene rings is 1. The highest BCUT2D eigenvalue weighted by Crippen LogP contribution is 2.33. The van der Waals surface area contributed by atoms with Crippen molar-refractivity contribution in [3.05, 3.63) is 32.2 Å². The van der Waals surface area contributed by atoms with Gasteiger partial charge in [0.15, 0.2) is 15.5 Å². The van der Waals surface area contributed by atoms with Crippen LogP contribution in [0, 0.1) is 10.9 Å². The summed E-state index contributed by atoms with van der Waals surface area (Å²) < 4.78 is 13.5. The van der Waals surface area contributed by atoms with Crippen LogP contribution in [0.5, 0.6) is 11.5 Å². The van der Waals surface area contributed by atoms with Crippen molar-refractivity contribution in [1.29, 1.82) is 0 Å². The summed E-state index contributed by atoms with van der Waals surface area (Å²) in [5.74, 6) is 1.58. The summed E-state index contributed by atoms with van der Waals surface area (Å²) >= 11 is 6.91. The Morgan fingerprint density at radius 2 is 1.91 bits per heavy atom. The van der Waals surface area contributed by atoms with Crippen molar-refractivity contribution in [3.8, 4) is 11.5 Å². The maximum atomic E-state index is 5.40. The van der Waals surface area contributed by atoms with Gasteiger partial charge in [-0.25, -0.2) is 4.68 Å².